The van der Waals surface area contributed by atoms with E-state index in [1.54, 1.807) is 4.90 Å². The number of sulfonamides is 1. The van der Waals surface area contributed by atoms with Gasteiger partial charge in [-0.05, 0) is 68.1 Å². The van der Waals surface area contributed by atoms with Crippen molar-refractivity contribution >= 4 is 15.9 Å². The fraction of sp³-hybridized carbons (Fsp3) is 0.480. The Bertz CT molecular complexity index is 1120. The molecule has 0 saturated carbocycles. The predicted molar refractivity (Wildman–Crippen MR) is 124 cm³/mol. The lowest BCUT2D eigenvalue weighted by molar-refractivity contribution is 0.0595. The molecule has 2 aromatic carbocycles. The molecule has 2 saturated heterocycles. The smallest absolute Gasteiger partial charge is 0.253 e. The van der Waals surface area contributed by atoms with E-state index < -0.39 is 20.7 Å². The van der Waals surface area contributed by atoms with Crippen molar-refractivity contribution in [3.63, 3.8) is 0 Å². The fourth-order valence-corrected chi connectivity index (χ4v) is 6.02. The molecule has 0 aliphatic carbocycles. The number of hydrogen-bond donors (Lipinski definition) is 0. The van der Waals surface area contributed by atoms with Crippen LogP contribution in [-0.2, 0) is 10.0 Å². The largest absolute Gasteiger partial charge is 0.490 e. The van der Waals surface area contributed by atoms with Crippen LogP contribution >= 0.6 is 0 Å². The predicted octanol–water partition coefficient (Wildman–Crippen LogP) is 4.30. The van der Waals surface area contributed by atoms with Crippen LogP contribution in [0.4, 0.5) is 4.39 Å². The lowest BCUT2D eigenvalue weighted by Crippen LogP contribution is -2.42. The molecule has 0 spiro atoms. The van der Waals surface area contributed by atoms with Crippen LogP contribution in [0.25, 0.3) is 0 Å². The Labute approximate surface area is 195 Å². The minimum absolute atomic E-state index is 0.0133. The maximum absolute atomic E-state index is 14.5. The van der Waals surface area contributed by atoms with Crippen LogP contribution in [0.15, 0.2) is 41.3 Å². The number of hydrogen-bond acceptors (Lipinski definition) is 4. The van der Waals surface area contributed by atoms with E-state index in [1.807, 2.05) is 25.1 Å². The highest BCUT2D eigenvalue weighted by Gasteiger charge is 2.31. The molecule has 6 nitrogen and oxygen atoms in total. The van der Waals surface area contributed by atoms with E-state index in [2.05, 4.69) is 6.92 Å². The molecule has 2 aliphatic rings. The standard InChI is InChI=1S/C25H31FN2O4S/c1-18-6-8-22(16-19(18)2)32-21-10-14-27(15-11-21)25(29)20-7-9-23(26)24(17-20)33(30,31)28-12-4-3-5-13-28/h6-9,16-17,21H,3-5,10-15H2,1-2H3. The van der Waals surface area contributed by atoms with E-state index in [0.717, 1.165) is 31.1 Å². The molecule has 4 rings (SSSR count). The van der Waals surface area contributed by atoms with Crippen LogP contribution < -0.4 is 4.74 Å². The highest BCUT2D eigenvalue weighted by molar-refractivity contribution is 7.89. The third-order valence-electron chi connectivity index (χ3n) is 6.62. The number of piperidine rings is 2. The summed E-state index contributed by atoms with van der Waals surface area (Å²) in [6.45, 7) is 5.87. The SMILES string of the molecule is Cc1ccc(OC2CCN(C(=O)c3ccc(F)c(S(=O)(=O)N4CCCCC4)c3)CC2)cc1C. The number of carbonyl (C=O) groups is 1. The fourth-order valence-electron chi connectivity index (χ4n) is 4.42. The molecule has 0 atom stereocenters. The average molecular weight is 475 g/mol. The number of rotatable bonds is 5. The molecule has 0 radical (unpaired) electrons. The van der Waals surface area contributed by atoms with Crippen LogP contribution in [-0.4, -0.2) is 55.8 Å². The summed E-state index contributed by atoms with van der Waals surface area (Å²) in [5, 5.41) is 0. The van der Waals surface area contributed by atoms with Gasteiger partial charge in [0, 0.05) is 44.6 Å². The third kappa shape index (κ3) is 5.22. The lowest BCUT2D eigenvalue weighted by atomic mass is 10.1. The number of ether oxygens (including phenoxy) is 1. The number of benzene rings is 2. The quantitative estimate of drug-likeness (QED) is 0.648. The van der Waals surface area contributed by atoms with Crippen molar-refractivity contribution in [3.05, 3.63) is 58.9 Å². The molecule has 178 valence electrons. The van der Waals surface area contributed by atoms with E-state index >= 15 is 0 Å². The van der Waals surface area contributed by atoms with Gasteiger partial charge in [0.25, 0.3) is 5.91 Å². The number of aryl methyl sites for hydroxylation is 2. The molecule has 2 aromatic rings. The first-order chi connectivity index (χ1) is 15.8. The van der Waals surface area contributed by atoms with Crippen molar-refractivity contribution in [1.82, 2.24) is 9.21 Å². The van der Waals surface area contributed by atoms with E-state index in [9.17, 15) is 17.6 Å². The average Bonchev–Trinajstić information content (AvgIpc) is 2.82. The Morgan fingerprint density at radius 1 is 0.939 bits per heavy atom. The Hall–Kier alpha value is -2.45. The molecule has 0 bridgehead atoms. The summed E-state index contributed by atoms with van der Waals surface area (Å²) in [6, 6.07) is 9.66. The molecule has 1 amide bonds. The first-order valence-electron chi connectivity index (χ1n) is 11.6. The Balaban J connectivity index is 1.42. The second-order valence-electron chi connectivity index (χ2n) is 8.97. The molecule has 0 N–H and O–H groups in total. The van der Waals surface area contributed by atoms with E-state index in [0.29, 0.717) is 39.0 Å². The molecule has 2 aliphatic heterocycles. The molecule has 0 aromatic heterocycles. The van der Waals surface area contributed by atoms with Crippen LogP contribution in [0.1, 0.15) is 53.6 Å². The van der Waals surface area contributed by atoms with E-state index in [1.165, 1.54) is 27.6 Å². The summed E-state index contributed by atoms with van der Waals surface area (Å²) in [7, 11) is -3.96. The van der Waals surface area contributed by atoms with Gasteiger partial charge in [-0.25, -0.2) is 12.8 Å². The molecular formula is C25H31FN2O4S. The van der Waals surface area contributed by atoms with Crippen molar-refractivity contribution in [2.75, 3.05) is 26.2 Å². The van der Waals surface area contributed by atoms with Gasteiger partial charge in [0.05, 0.1) is 0 Å². The number of amides is 1. The van der Waals surface area contributed by atoms with Gasteiger partial charge in [-0.3, -0.25) is 4.79 Å². The Morgan fingerprint density at radius 2 is 1.64 bits per heavy atom. The topological polar surface area (TPSA) is 66.9 Å². The highest BCUT2D eigenvalue weighted by Crippen LogP contribution is 2.26. The molecule has 33 heavy (non-hydrogen) atoms. The summed E-state index contributed by atoms with van der Waals surface area (Å²) >= 11 is 0. The molecule has 0 unspecified atom stereocenters. The molecule has 8 heteroatoms. The maximum atomic E-state index is 14.5. The van der Waals surface area contributed by atoms with E-state index in [4.69, 9.17) is 4.74 Å². The van der Waals surface area contributed by atoms with Crippen LogP contribution in [0, 0.1) is 19.7 Å². The summed E-state index contributed by atoms with van der Waals surface area (Å²) < 4.78 is 47.8. The second-order valence-corrected chi connectivity index (χ2v) is 10.9. The first kappa shape index (κ1) is 23.7. The zero-order chi connectivity index (χ0) is 23.6. The number of nitrogens with zero attached hydrogens (tertiary/aromatic N) is 2. The molecule has 2 heterocycles. The summed E-state index contributed by atoms with van der Waals surface area (Å²) in [5.74, 6) is -0.277. The van der Waals surface area contributed by atoms with Crippen LogP contribution in [0.3, 0.4) is 0 Å². The summed E-state index contributed by atoms with van der Waals surface area (Å²) in [5.41, 5.74) is 2.58. The minimum atomic E-state index is -3.96. The monoisotopic (exact) mass is 474 g/mol. The van der Waals surface area contributed by atoms with Gasteiger partial charge in [-0.2, -0.15) is 4.31 Å². The zero-order valence-electron chi connectivity index (χ0n) is 19.2. The van der Waals surface area contributed by atoms with Crippen molar-refractivity contribution in [3.8, 4) is 5.75 Å². The normalized spacial score (nSPS) is 18.3. The third-order valence-corrected chi connectivity index (χ3v) is 8.53. The molecule has 2 fully saturated rings. The number of halogens is 1. The van der Waals surface area contributed by atoms with Gasteiger partial charge >= 0.3 is 0 Å². The second kappa shape index (κ2) is 9.81. The van der Waals surface area contributed by atoms with E-state index in [-0.39, 0.29) is 17.6 Å². The minimum Gasteiger partial charge on any atom is -0.490 e. The number of likely N-dealkylation sites (tertiary alicyclic amines) is 1. The van der Waals surface area contributed by atoms with Gasteiger partial charge < -0.3 is 9.64 Å². The van der Waals surface area contributed by atoms with Gasteiger partial charge in [-0.15, -0.1) is 0 Å². The molecular weight excluding hydrogens is 443 g/mol. The van der Waals surface area contributed by atoms with Crippen LogP contribution in [0.5, 0.6) is 5.75 Å². The zero-order valence-corrected chi connectivity index (χ0v) is 20.0. The maximum Gasteiger partial charge on any atom is 0.253 e. The highest BCUT2D eigenvalue weighted by atomic mass is 32.2. The van der Waals surface area contributed by atoms with Gasteiger partial charge in [0.15, 0.2) is 0 Å². The lowest BCUT2D eigenvalue weighted by Gasteiger charge is -2.32. The van der Waals surface area contributed by atoms with Crippen molar-refractivity contribution in [2.24, 2.45) is 0 Å². The first-order valence-corrected chi connectivity index (χ1v) is 13.0. The van der Waals surface area contributed by atoms with Crippen molar-refractivity contribution in [1.29, 1.82) is 0 Å². The number of carbonyl (C=O) groups excluding carboxylic acids is 1. The Kier molecular flexibility index (Phi) is 7.05. The summed E-state index contributed by atoms with van der Waals surface area (Å²) in [4.78, 5) is 14.3. The van der Waals surface area contributed by atoms with Gasteiger partial charge in [-0.1, -0.05) is 12.5 Å². The van der Waals surface area contributed by atoms with Gasteiger partial charge in [0.2, 0.25) is 10.0 Å². The Morgan fingerprint density at radius 3 is 2.30 bits per heavy atom. The van der Waals surface area contributed by atoms with Crippen molar-refractivity contribution < 1.29 is 22.3 Å². The van der Waals surface area contributed by atoms with Gasteiger partial charge in [0.1, 0.15) is 22.6 Å². The summed E-state index contributed by atoms with van der Waals surface area (Å²) in [6.07, 6.45) is 3.87. The van der Waals surface area contributed by atoms with Crippen molar-refractivity contribution in [2.45, 2.75) is 57.0 Å². The van der Waals surface area contributed by atoms with Crippen LogP contribution in [0.2, 0.25) is 0 Å².